The Hall–Kier alpha value is -1.81. The van der Waals surface area contributed by atoms with Crippen molar-refractivity contribution in [3.8, 4) is 0 Å². The van der Waals surface area contributed by atoms with Gasteiger partial charge in [-0.2, -0.15) is 5.10 Å². The Morgan fingerprint density at radius 2 is 2.04 bits per heavy atom. The number of amides is 1. The van der Waals surface area contributed by atoms with E-state index < -0.39 is 0 Å². The summed E-state index contributed by atoms with van der Waals surface area (Å²) in [7, 11) is 1.86. The molecule has 0 spiro atoms. The molecule has 2 aromatic rings. The van der Waals surface area contributed by atoms with Gasteiger partial charge >= 0.3 is 0 Å². The van der Waals surface area contributed by atoms with Gasteiger partial charge in [0, 0.05) is 25.2 Å². The molecule has 25 heavy (non-hydrogen) atoms. The van der Waals surface area contributed by atoms with Crippen LogP contribution in [0.25, 0.3) is 0 Å². The lowest BCUT2D eigenvalue weighted by molar-refractivity contribution is 0.0776. The summed E-state index contributed by atoms with van der Waals surface area (Å²) in [6.07, 6.45) is 2.94. The fraction of sp³-hybridized carbons (Fsp3) is 0.500. The van der Waals surface area contributed by atoms with Gasteiger partial charge < -0.3 is 4.90 Å². The van der Waals surface area contributed by atoms with Gasteiger partial charge in [0.15, 0.2) is 0 Å². The molecule has 3 rings (SSSR count). The van der Waals surface area contributed by atoms with E-state index in [0.29, 0.717) is 17.5 Å². The molecule has 1 aliphatic heterocycles. The highest BCUT2D eigenvalue weighted by atomic mass is 35.5. The summed E-state index contributed by atoms with van der Waals surface area (Å²) in [6.45, 7) is 5.96. The molecule has 0 radical (unpaired) electrons. The topological polar surface area (TPSA) is 38.1 Å². The van der Waals surface area contributed by atoms with Crippen LogP contribution < -0.4 is 0 Å². The van der Waals surface area contributed by atoms with Crippen molar-refractivity contribution in [2.75, 3.05) is 13.1 Å². The minimum atomic E-state index is 0.101. The Labute approximate surface area is 154 Å². The van der Waals surface area contributed by atoms with Crippen molar-refractivity contribution in [3.05, 3.63) is 52.3 Å². The van der Waals surface area contributed by atoms with Crippen molar-refractivity contribution in [2.45, 2.75) is 33.1 Å². The number of nitrogens with zero attached hydrogens (tertiary/aromatic N) is 3. The molecule has 1 aliphatic rings. The molecule has 1 aromatic carbocycles. The van der Waals surface area contributed by atoms with Crippen LogP contribution in [0.5, 0.6) is 0 Å². The van der Waals surface area contributed by atoms with Gasteiger partial charge in [-0.05, 0) is 54.9 Å². The normalized spacial score (nSPS) is 17.5. The first-order chi connectivity index (χ1) is 11.9. The quantitative estimate of drug-likeness (QED) is 0.809. The molecule has 5 heteroatoms. The van der Waals surface area contributed by atoms with Crippen LogP contribution in [0.4, 0.5) is 0 Å². The average molecular weight is 360 g/mol. The zero-order valence-corrected chi connectivity index (χ0v) is 16.0. The third kappa shape index (κ3) is 4.43. The molecular formula is C20H26ClN3O. The molecular weight excluding hydrogens is 334 g/mol. The highest BCUT2D eigenvalue weighted by molar-refractivity contribution is 6.30. The maximum atomic E-state index is 12.9. The molecule has 1 fully saturated rings. The van der Waals surface area contributed by atoms with Crippen LogP contribution in [0.1, 0.15) is 42.0 Å². The van der Waals surface area contributed by atoms with E-state index in [9.17, 15) is 4.79 Å². The number of hydrogen-bond donors (Lipinski definition) is 0. The minimum Gasteiger partial charge on any atom is -0.337 e. The lowest BCUT2D eigenvalue weighted by Crippen LogP contribution is -2.30. The fourth-order valence-corrected chi connectivity index (χ4v) is 3.67. The molecule has 0 aliphatic carbocycles. The van der Waals surface area contributed by atoms with Crippen molar-refractivity contribution < 1.29 is 4.79 Å². The van der Waals surface area contributed by atoms with Crippen LogP contribution in [0.2, 0.25) is 5.02 Å². The molecule has 2 heterocycles. The van der Waals surface area contributed by atoms with Crippen LogP contribution in [0.3, 0.4) is 0 Å². The van der Waals surface area contributed by atoms with E-state index in [-0.39, 0.29) is 5.91 Å². The van der Waals surface area contributed by atoms with Crippen molar-refractivity contribution >= 4 is 17.5 Å². The lowest BCUT2D eigenvalue weighted by Gasteiger charge is -2.16. The van der Waals surface area contributed by atoms with Crippen molar-refractivity contribution in [1.29, 1.82) is 0 Å². The molecule has 0 N–H and O–H groups in total. The number of aromatic nitrogens is 2. The van der Waals surface area contributed by atoms with Crippen LogP contribution >= 0.6 is 11.6 Å². The third-order valence-electron chi connectivity index (χ3n) is 4.78. The van der Waals surface area contributed by atoms with E-state index in [0.717, 1.165) is 43.1 Å². The fourth-order valence-electron chi connectivity index (χ4n) is 3.54. The summed E-state index contributed by atoms with van der Waals surface area (Å²) in [5.74, 6) is 1.14. The molecule has 1 amide bonds. The number of aryl methyl sites for hydroxylation is 1. The summed E-state index contributed by atoms with van der Waals surface area (Å²) in [6, 6.07) is 9.97. The summed E-state index contributed by atoms with van der Waals surface area (Å²) in [5, 5.41) is 5.26. The predicted molar refractivity (Wildman–Crippen MR) is 101 cm³/mol. The largest absolute Gasteiger partial charge is 0.337 e. The summed E-state index contributed by atoms with van der Waals surface area (Å²) >= 11 is 5.95. The number of likely N-dealkylation sites (tertiary alicyclic amines) is 1. The molecule has 1 aromatic heterocycles. The number of rotatable bonds is 5. The van der Waals surface area contributed by atoms with E-state index in [4.69, 9.17) is 11.6 Å². The van der Waals surface area contributed by atoms with Gasteiger partial charge in [-0.3, -0.25) is 9.48 Å². The van der Waals surface area contributed by atoms with Gasteiger partial charge in [-0.1, -0.05) is 37.6 Å². The second-order valence-corrected chi connectivity index (χ2v) is 7.92. The Kier molecular flexibility index (Phi) is 5.48. The molecule has 0 saturated carbocycles. The number of benzene rings is 1. The first-order valence-corrected chi connectivity index (χ1v) is 9.37. The van der Waals surface area contributed by atoms with Crippen LogP contribution in [0, 0.1) is 11.8 Å². The van der Waals surface area contributed by atoms with Crippen molar-refractivity contribution in [2.24, 2.45) is 18.9 Å². The Morgan fingerprint density at radius 1 is 1.32 bits per heavy atom. The second kappa shape index (κ2) is 7.61. The van der Waals surface area contributed by atoms with E-state index in [2.05, 4.69) is 31.1 Å². The number of carbonyl (C=O) groups is 1. The molecule has 1 unspecified atom stereocenters. The maximum Gasteiger partial charge on any atom is 0.272 e. The number of carbonyl (C=O) groups excluding carboxylic acids is 1. The number of hydrogen-bond acceptors (Lipinski definition) is 2. The van der Waals surface area contributed by atoms with E-state index in [1.807, 2.05) is 30.1 Å². The van der Waals surface area contributed by atoms with Crippen LogP contribution in [-0.2, 0) is 19.9 Å². The van der Waals surface area contributed by atoms with Gasteiger partial charge in [-0.25, -0.2) is 0 Å². The zero-order valence-electron chi connectivity index (χ0n) is 15.2. The van der Waals surface area contributed by atoms with Crippen molar-refractivity contribution in [1.82, 2.24) is 14.7 Å². The van der Waals surface area contributed by atoms with Crippen molar-refractivity contribution in [3.63, 3.8) is 0 Å². The highest BCUT2D eigenvalue weighted by Crippen LogP contribution is 2.23. The standard InChI is InChI=1S/C20H26ClN3O/c1-14(2)10-18-12-19(23(3)22-18)20(25)24-9-8-16(13-24)11-15-4-6-17(21)7-5-15/h4-7,12,14,16H,8-11,13H2,1-3H3. The van der Waals surface area contributed by atoms with Gasteiger partial charge in [-0.15, -0.1) is 0 Å². The van der Waals surface area contributed by atoms with E-state index in [1.54, 1.807) is 4.68 Å². The zero-order chi connectivity index (χ0) is 18.0. The molecule has 1 saturated heterocycles. The van der Waals surface area contributed by atoms with Gasteiger partial charge in [0.2, 0.25) is 0 Å². The molecule has 1 atom stereocenters. The Bertz CT molecular complexity index is 736. The smallest absolute Gasteiger partial charge is 0.272 e. The summed E-state index contributed by atoms with van der Waals surface area (Å²) in [4.78, 5) is 14.8. The van der Waals surface area contributed by atoms with E-state index in [1.165, 1.54) is 5.56 Å². The molecule has 4 nitrogen and oxygen atoms in total. The van der Waals surface area contributed by atoms with E-state index >= 15 is 0 Å². The first kappa shape index (κ1) is 18.0. The second-order valence-electron chi connectivity index (χ2n) is 7.48. The third-order valence-corrected chi connectivity index (χ3v) is 5.03. The van der Waals surface area contributed by atoms with Gasteiger partial charge in [0.25, 0.3) is 5.91 Å². The van der Waals surface area contributed by atoms with Crippen LogP contribution in [-0.4, -0.2) is 33.7 Å². The molecule has 134 valence electrons. The SMILES string of the molecule is CC(C)Cc1cc(C(=O)N2CCC(Cc3ccc(Cl)cc3)C2)n(C)n1. The first-order valence-electron chi connectivity index (χ1n) is 8.99. The van der Waals surface area contributed by atoms with Gasteiger partial charge in [0.05, 0.1) is 5.69 Å². The lowest BCUT2D eigenvalue weighted by atomic mass is 9.99. The van der Waals surface area contributed by atoms with Crippen LogP contribution in [0.15, 0.2) is 30.3 Å². The van der Waals surface area contributed by atoms with Gasteiger partial charge in [0.1, 0.15) is 5.69 Å². The predicted octanol–water partition coefficient (Wildman–Crippen LogP) is 3.98. The highest BCUT2D eigenvalue weighted by Gasteiger charge is 2.28. The monoisotopic (exact) mass is 359 g/mol. The maximum absolute atomic E-state index is 12.9. The molecule has 0 bridgehead atoms. The Morgan fingerprint density at radius 3 is 2.72 bits per heavy atom. The minimum absolute atomic E-state index is 0.101. The summed E-state index contributed by atoms with van der Waals surface area (Å²) < 4.78 is 1.73. The number of halogens is 1. The average Bonchev–Trinajstić information content (AvgIpc) is 3.15. The summed E-state index contributed by atoms with van der Waals surface area (Å²) in [5.41, 5.74) is 2.98. The Balaban J connectivity index is 1.62.